The molecule has 0 bridgehead atoms. The van der Waals surface area contributed by atoms with Gasteiger partial charge >= 0.3 is 0 Å². The number of hydrogen-bond acceptors (Lipinski definition) is 3. The second kappa shape index (κ2) is 7.98. The zero-order valence-electron chi connectivity index (χ0n) is 13.6. The second-order valence-corrected chi connectivity index (χ2v) is 5.87. The molecule has 1 N–H and O–H groups in total. The largest absolute Gasteiger partial charge is 0.417 e. The zero-order chi connectivity index (χ0) is 18.4. The molecule has 0 atom stereocenters. The Bertz CT molecular complexity index is 1050. The van der Waals surface area contributed by atoms with Crippen LogP contribution in [0.3, 0.4) is 0 Å². The Labute approximate surface area is 156 Å². The number of hydrogen-bond donors (Lipinski definition) is 1. The summed E-state index contributed by atoms with van der Waals surface area (Å²) in [4.78, 5) is 0.544. The summed E-state index contributed by atoms with van der Waals surface area (Å²) in [6.07, 6.45) is 12.1. The van der Waals surface area contributed by atoms with Crippen LogP contribution < -0.4 is 0 Å². The molecule has 1 aromatic rings. The van der Waals surface area contributed by atoms with Crippen LogP contribution >= 0.6 is 12.2 Å². The van der Waals surface area contributed by atoms with Gasteiger partial charge in [-0.2, -0.15) is 0 Å². The molecule has 0 fully saturated rings. The van der Waals surface area contributed by atoms with E-state index >= 15 is 0 Å². The molecular weight excluding hydrogens is 342 g/mol. The maximum absolute atomic E-state index is 11.5. The highest BCUT2D eigenvalue weighted by molar-refractivity contribution is 7.81. The molecule has 0 unspecified atom stereocenters. The third-order valence-electron chi connectivity index (χ3n) is 3.52. The van der Waals surface area contributed by atoms with E-state index in [9.17, 15) is 10.4 Å². The van der Waals surface area contributed by atoms with Gasteiger partial charge in [-0.3, -0.25) is 5.21 Å². The Hall–Kier alpha value is -3.60. The lowest BCUT2D eigenvalue weighted by Crippen LogP contribution is -2.14. The fraction of sp³-hybridized carbons (Fsp3) is 0. The van der Waals surface area contributed by atoms with Crippen LogP contribution in [-0.2, 0) is 0 Å². The van der Waals surface area contributed by atoms with Crippen LogP contribution in [-0.4, -0.2) is 20.7 Å². The van der Waals surface area contributed by atoms with E-state index in [2.05, 4.69) is 23.3 Å². The van der Waals surface area contributed by atoms with Crippen LogP contribution in [0.4, 0.5) is 0 Å². The van der Waals surface area contributed by atoms with E-state index in [1.165, 1.54) is 6.08 Å². The molecule has 0 saturated heterocycles. The predicted molar refractivity (Wildman–Crippen MR) is 106 cm³/mol. The van der Waals surface area contributed by atoms with Crippen molar-refractivity contribution < 1.29 is 10.1 Å². The highest BCUT2D eigenvalue weighted by atomic mass is 32.1. The van der Waals surface area contributed by atoms with Crippen LogP contribution in [0.15, 0.2) is 101 Å². The Kier molecular flexibility index (Phi) is 5.29. The lowest BCUT2D eigenvalue weighted by Gasteiger charge is -2.02. The van der Waals surface area contributed by atoms with E-state index in [0.717, 1.165) is 16.0 Å². The first-order chi connectivity index (χ1) is 12.6. The molecule has 3 rings (SSSR count). The molecule has 124 valence electrons. The fourth-order valence-corrected chi connectivity index (χ4v) is 2.35. The Morgan fingerprint density at radius 2 is 1.62 bits per heavy atom. The Balaban J connectivity index is 1.95. The van der Waals surface area contributed by atoms with Gasteiger partial charge in [0.25, 0.3) is 5.71 Å². The molecule has 0 saturated carbocycles. The average molecular weight is 355 g/mol. The van der Waals surface area contributed by atoms with Crippen molar-refractivity contribution in [1.29, 1.82) is 0 Å². The van der Waals surface area contributed by atoms with Crippen molar-refractivity contribution in [3.8, 4) is 11.8 Å². The minimum atomic E-state index is -0.190. The summed E-state index contributed by atoms with van der Waals surface area (Å²) >= 11 is 5.04. The third-order valence-corrected chi connectivity index (χ3v) is 3.80. The summed E-state index contributed by atoms with van der Waals surface area (Å²) in [5, 5.41) is 20.9. The summed E-state index contributed by atoms with van der Waals surface area (Å²) in [7, 11) is 0. The van der Waals surface area contributed by atoms with Crippen molar-refractivity contribution in [2.75, 3.05) is 0 Å². The minimum absolute atomic E-state index is 0.0530. The smallest absolute Gasteiger partial charge is 0.284 e. The lowest BCUT2D eigenvalue weighted by atomic mass is 10.0. The first-order valence-electron chi connectivity index (χ1n) is 7.78. The van der Waals surface area contributed by atoms with Gasteiger partial charge in [-0.15, -0.1) is 0 Å². The van der Waals surface area contributed by atoms with Crippen molar-refractivity contribution >= 4 is 22.8 Å². The SMILES string of the molecule is [O-][N+](O)=C1C=C(C#Cc2ccccc2)C=CC1=C=C=C1C=CC(=S)C=C1. The maximum atomic E-state index is 11.5. The first kappa shape index (κ1) is 17.2. The molecule has 2 aliphatic carbocycles. The minimum Gasteiger partial charge on any atom is -0.417 e. The molecule has 0 spiro atoms. The fourth-order valence-electron chi connectivity index (χ4n) is 2.22. The Morgan fingerprint density at radius 1 is 0.885 bits per heavy atom. The maximum Gasteiger partial charge on any atom is 0.284 e. The van der Waals surface area contributed by atoms with Crippen molar-refractivity contribution in [3.63, 3.8) is 0 Å². The molecule has 0 radical (unpaired) electrons. The molecular formula is C22H13NO2S. The van der Waals surface area contributed by atoms with E-state index in [0.29, 0.717) is 11.1 Å². The average Bonchev–Trinajstić information content (AvgIpc) is 2.67. The van der Waals surface area contributed by atoms with Crippen LogP contribution in [0, 0.1) is 17.0 Å². The van der Waals surface area contributed by atoms with Gasteiger partial charge in [-0.05, 0) is 48.6 Å². The van der Waals surface area contributed by atoms with Gasteiger partial charge in [0.1, 0.15) is 5.57 Å². The van der Waals surface area contributed by atoms with E-state index in [-0.39, 0.29) is 10.6 Å². The van der Waals surface area contributed by atoms with Gasteiger partial charge in [0.2, 0.25) is 0 Å². The van der Waals surface area contributed by atoms with Crippen LogP contribution in [0.1, 0.15) is 5.56 Å². The van der Waals surface area contributed by atoms with Crippen molar-refractivity contribution in [1.82, 2.24) is 0 Å². The van der Waals surface area contributed by atoms with E-state index in [4.69, 9.17) is 12.2 Å². The van der Waals surface area contributed by atoms with E-state index < -0.39 is 0 Å². The second-order valence-electron chi connectivity index (χ2n) is 5.40. The quantitative estimate of drug-likeness (QED) is 0.191. The first-order valence-corrected chi connectivity index (χ1v) is 8.19. The molecule has 0 aromatic heterocycles. The van der Waals surface area contributed by atoms with Crippen LogP contribution in [0.2, 0.25) is 0 Å². The van der Waals surface area contributed by atoms with Crippen molar-refractivity contribution in [3.05, 3.63) is 112 Å². The summed E-state index contributed by atoms with van der Waals surface area (Å²) in [6.45, 7) is 0. The van der Waals surface area contributed by atoms with Gasteiger partial charge in [0.05, 0.1) is 0 Å². The molecule has 0 amide bonds. The normalized spacial score (nSPS) is 17.1. The molecule has 3 nitrogen and oxygen atoms in total. The molecule has 0 heterocycles. The highest BCUT2D eigenvalue weighted by Crippen LogP contribution is 2.13. The van der Waals surface area contributed by atoms with Gasteiger partial charge < -0.3 is 5.21 Å². The van der Waals surface area contributed by atoms with Crippen LogP contribution in [0.5, 0.6) is 0 Å². The number of allylic oxidation sites excluding steroid dienone is 10. The number of rotatable bonds is 0. The molecule has 2 aliphatic rings. The predicted octanol–water partition coefficient (Wildman–Crippen LogP) is 3.98. The van der Waals surface area contributed by atoms with Crippen molar-refractivity contribution in [2.45, 2.75) is 0 Å². The number of benzene rings is 1. The van der Waals surface area contributed by atoms with Crippen LogP contribution in [0.25, 0.3) is 0 Å². The Morgan fingerprint density at radius 3 is 2.31 bits per heavy atom. The van der Waals surface area contributed by atoms with E-state index in [1.807, 2.05) is 42.5 Å². The summed E-state index contributed by atoms with van der Waals surface area (Å²) in [5.74, 6) is 5.99. The zero-order valence-corrected chi connectivity index (χ0v) is 14.5. The highest BCUT2D eigenvalue weighted by Gasteiger charge is 2.17. The van der Waals surface area contributed by atoms with E-state index in [1.54, 1.807) is 24.3 Å². The summed E-state index contributed by atoms with van der Waals surface area (Å²) in [5.41, 5.74) is 8.56. The molecule has 4 heteroatoms. The van der Waals surface area contributed by atoms with Gasteiger partial charge in [-0.1, -0.05) is 53.7 Å². The molecule has 26 heavy (non-hydrogen) atoms. The monoisotopic (exact) mass is 355 g/mol. The molecule has 1 aromatic carbocycles. The molecule has 0 aliphatic heterocycles. The van der Waals surface area contributed by atoms with Crippen molar-refractivity contribution in [2.24, 2.45) is 0 Å². The summed E-state index contributed by atoms with van der Waals surface area (Å²) < 4.78 is 0. The van der Waals surface area contributed by atoms with Gasteiger partial charge in [0.15, 0.2) is 0 Å². The van der Waals surface area contributed by atoms with Gasteiger partial charge in [-0.25, -0.2) is 0 Å². The number of nitrogens with zero attached hydrogens (tertiary/aromatic N) is 1. The summed E-state index contributed by atoms with van der Waals surface area (Å²) in [6, 6.07) is 9.52. The number of thiocarbonyl (C=S) groups is 1. The standard InChI is InChI=1S/C22H13NO2S/c24-23(25)22-16-19(7-6-17-4-2-1-3-5-17)9-13-20(22)12-8-18-10-14-21(26)15-11-18/h1-5,9-11,13-16H,(H,24,25). The van der Waals surface area contributed by atoms with Gasteiger partial charge in [0, 0.05) is 32.6 Å². The topological polar surface area (TPSA) is 46.3 Å². The lowest BCUT2D eigenvalue weighted by molar-refractivity contribution is -0.725. The third kappa shape index (κ3) is 4.48.